The first-order valence-corrected chi connectivity index (χ1v) is 8.56. The first-order chi connectivity index (χ1) is 9.46. The Balaban J connectivity index is 1.81. The lowest BCUT2D eigenvalue weighted by molar-refractivity contribution is -0.00592. The number of hydrogen-bond acceptors (Lipinski definition) is 0. The minimum Gasteiger partial charge on any atom is -0.0620 e. The van der Waals surface area contributed by atoms with Crippen molar-refractivity contribution in [1.29, 1.82) is 0 Å². The molecule has 0 heterocycles. The van der Waals surface area contributed by atoms with Gasteiger partial charge in [0.15, 0.2) is 0 Å². The molecule has 108 valence electrons. The average Bonchev–Trinajstić information content (AvgIpc) is 2.36. The molecule has 0 spiro atoms. The summed E-state index contributed by atoms with van der Waals surface area (Å²) in [6, 6.07) is 9.38. The van der Waals surface area contributed by atoms with Gasteiger partial charge in [-0.05, 0) is 78.2 Å². The van der Waals surface area contributed by atoms with Crippen molar-refractivity contribution in [2.24, 2.45) is 17.8 Å². The first kappa shape index (κ1) is 12.9. The minimum absolute atomic E-state index is 0.278. The summed E-state index contributed by atoms with van der Waals surface area (Å²) in [5.74, 6) is 3.11. The lowest BCUT2D eigenvalue weighted by Gasteiger charge is -2.58. The van der Waals surface area contributed by atoms with Crippen molar-refractivity contribution in [2.75, 3.05) is 0 Å². The molecule has 0 heteroatoms. The molecule has 4 saturated carbocycles. The molecule has 1 aromatic rings. The van der Waals surface area contributed by atoms with Crippen molar-refractivity contribution >= 4 is 0 Å². The van der Waals surface area contributed by atoms with Crippen LogP contribution in [0.1, 0.15) is 70.4 Å². The summed E-state index contributed by atoms with van der Waals surface area (Å²) >= 11 is 0. The quantitative estimate of drug-likeness (QED) is 0.635. The number of hydrogen-bond donors (Lipinski definition) is 0. The van der Waals surface area contributed by atoms with Crippen molar-refractivity contribution in [3.8, 4) is 0 Å². The van der Waals surface area contributed by atoms with Crippen molar-refractivity contribution in [3.05, 3.63) is 35.4 Å². The second-order valence-electron chi connectivity index (χ2n) is 8.99. The van der Waals surface area contributed by atoms with Gasteiger partial charge in [0.2, 0.25) is 0 Å². The highest BCUT2D eigenvalue weighted by Crippen LogP contribution is 2.61. The minimum atomic E-state index is 0.278. The molecule has 4 fully saturated rings. The van der Waals surface area contributed by atoms with Crippen molar-refractivity contribution in [1.82, 2.24) is 0 Å². The molecule has 0 saturated heterocycles. The molecule has 0 aliphatic heterocycles. The third-order valence-corrected chi connectivity index (χ3v) is 6.34. The van der Waals surface area contributed by atoms with Crippen LogP contribution in [0.5, 0.6) is 0 Å². The molecular weight excluding hydrogens is 240 g/mol. The summed E-state index contributed by atoms with van der Waals surface area (Å²) in [5.41, 5.74) is 4.15. The van der Waals surface area contributed by atoms with Crippen LogP contribution in [0.2, 0.25) is 0 Å². The fourth-order valence-corrected chi connectivity index (χ4v) is 6.04. The van der Waals surface area contributed by atoms with Crippen molar-refractivity contribution in [2.45, 2.75) is 70.1 Å². The van der Waals surface area contributed by atoms with Gasteiger partial charge >= 0.3 is 0 Å². The Bertz CT molecular complexity index is 482. The van der Waals surface area contributed by atoms with Crippen molar-refractivity contribution < 1.29 is 0 Å². The van der Waals surface area contributed by atoms with Crippen LogP contribution in [-0.4, -0.2) is 0 Å². The second-order valence-corrected chi connectivity index (χ2v) is 8.99. The van der Waals surface area contributed by atoms with E-state index in [1.54, 1.807) is 11.1 Å². The fourth-order valence-electron chi connectivity index (χ4n) is 6.04. The molecule has 0 radical (unpaired) electrons. The van der Waals surface area contributed by atoms with Crippen LogP contribution >= 0.6 is 0 Å². The zero-order valence-electron chi connectivity index (χ0n) is 13.3. The van der Waals surface area contributed by atoms with Gasteiger partial charge in [0.05, 0.1) is 0 Å². The molecule has 0 nitrogen and oxygen atoms in total. The van der Waals surface area contributed by atoms with Crippen LogP contribution < -0.4 is 0 Å². The summed E-state index contributed by atoms with van der Waals surface area (Å²) in [7, 11) is 0. The number of rotatable bonds is 1. The molecule has 0 aromatic heterocycles. The lowest BCUT2D eigenvalue weighted by atomic mass is 9.47. The molecule has 1 aromatic carbocycles. The highest BCUT2D eigenvalue weighted by atomic mass is 14.6. The lowest BCUT2D eigenvalue weighted by Crippen LogP contribution is -2.49. The molecule has 0 unspecified atom stereocenters. The highest BCUT2D eigenvalue weighted by molar-refractivity contribution is 5.40. The van der Waals surface area contributed by atoms with E-state index in [-0.39, 0.29) is 5.41 Å². The third kappa shape index (κ3) is 1.87. The Morgan fingerprint density at radius 1 is 0.850 bits per heavy atom. The Kier molecular flexibility index (Phi) is 2.66. The Hall–Kier alpha value is -0.780. The van der Waals surface area contributed by atoms with Crippen LogP contribution in [0.25, 0.3) is 0 Å². The SMILES string of the molecule is CC(C)(C)c1ccccc1C12CC3CC(CC(C3)C1)C2. The third-order valence-electron chi connectivity index (χ3n) is 6.34. The zero-order chi connectivity index (χ0) is 14.0. The normalized spacial score (nSPS) is 39.2. The Morgan fingerprint density at radius 3 is 1.85 bits per heavy atom. The van der Waals surface area contributed by atoms with Gasteiger partial charge in [-0.1, -0.05) is 45.0 Å². The van der Waals surface area contributed by atoms with Crippen LogP contribution in [0.15, 0.2) is 24.3 Å². The average molecular weight is 268 g/mol. The maximum Gasteiger partial charge on any atom is -0.00361 e. The van der Waals surface area contributed by atoms with Crippen LogP contribution in [0.4, 0.5) is 0 Å². The van der Waals surface area contributed by atoms with Gasteiger partial charge in [0.25, 0.3) is 0 Å². The van der Waals surface area contributed by atoms with Gasteiger partial charge in [-0.15, -0.1) is 0 Å². The van der Waals surface area contributed by atoms with E-state index in [1.807, 2.05) is 0 Å². The van der Waals surface area contributed by atoms with Crippen LogP contribution in [-0.2, 0) is 10.8 Å². The predicted molar refractivity (Wildman–Crippen MR) is 85.0 cm³/mol. The summed E-state index contributed by atoms with van der Waals surface area (Å²) in [6.07, 6.45) is 9.05. The molecule has 4 bridgehead atoms. The van der Waals surface area contributed by atoms with E-state index in [0.29, 0.717) is 5.41 Å². The summed E-state index contributed by atoms with van der Waals surface area (Å²) < 4.78 is 0. The van der Waals surface area contributed by atoms with Gasteiger partial charge in [0.1, 0.15) is 0 Å². The number of benzene rings is 1. The van der Waals surface area contributed by atoms with E-state index in [9.17, 15) is 0 Å². The molecule has 0 amide bonds. The zero-order valence-corrected chi connectivity index (χ0v) is 13.3. The van der Waals surface area contributed by atoms with Gasteiger partial charge in [0, 0.05) is 0 Å². The molecule has 20 heavy (non-hydrogen) atoms. The predicted octanol–water partition coefficient (Wildman–Crippen LogP) is 5.45. The molecule has 0 atom stereocenters. The van der Waals surface area contributed by atoms with Gasteiger partial charge < -0.3 is 0 Å². The largest absolute Gasteiger partial charge is 0.0620 e. The summed E-state index contributed by atoms with van der Waals surface area (Å²) in [4.78, 5) is 0. The monoisotopic (exact) mass is 268 g/mol. The molecule has 0 N–H and O–H groups in total. The maximum absolute atomic E-state index is 2.47. The fraction of sp³-hybridized carbons (Fsp3) is 0.700. The Morgan fingerprint density at radius 2 is 1.35 bits per heavy atom. The molecule has 4 aliphatic carbocycles. The van der Waals surface area contributed by atoms with E-state index in [2.05, 4.69) is 45.0 Å². The molecular formula is C20H28. The van der Waals surface area contributed by atoms with E-state index in [1.165, 1.54) is 38.5 Å². The van der Waals surface area contributed by atoms with Crippen LogP contribution in [0, 0.1) is 17.8 Å². The topological polar surface area (TPSA) is 0 Å². The first-order valence-electron chi connectivity index (χ1n) is 8.56. The van der Waals surface area contributed by atoms with E-state index >= 15 is 0 Å². The van der Waals surface area contributed by atoms with Crippen molar-refractivity contribution in [3.63, 3.8) is 0 Å². The second kappa shape index (κ2) is 4.12. The summed E-state index contributed by atoms with van der Waals surface area (Å²) in [6.45, 7) is 7.14. The molecule has 4 aliphatic rings. The smallest absolute Gasteiger partial charge is 0.00361 e. The Labute approximate surface area is 124 Å². The standard InChI is InChI=1S/C20H28/c1-19(2,3)17-6-4-5-7-18(17)20-11-14-8-15(12-20)10-16(9-14)13-20/h4-7,14-16H,8-13H2,1-3H3. The van der Waals surface area contributed by atoms with Crippen LogP contribution in [0.3, 0.4) is 0 Å². The van der Waals surface area contributed by atoms with Gasteiger partial charge in [-0.3, -0.25) is 0 Å². The van der Waals surface area contributed by atoms with Gasteiger partial charge in [-0.2, -0.15) is 0 Å². The highest BCUT2D eigenvalue weighted by Gasteiger charge is 2.52. The summed E-state index contributed by atoms with van der Waals surface area (Å²) in [5, 5.41) is 0. The maximum atomic E-state index is 2.47. The van der Waals surface area contributed by atoms with E-state index in [0.717, 1.165) is 17.8 Å². The van der Waals surface area contributed by atoms with Gasteiger partial charge in [-0.25, -0.2) is 0 Å². The molecule has 5 rings (SSSR count). The van der Waals surface area contributed by atoms with E-state index < -0.39 is 0 Å². The van der Waals surface area contributed by atoms with E-state index in [4.69, 9.17) is 0 Å².